The van der Waals surface area contributed by atoms with E-state index in [1.165, 1.54) is 88.2 Å². The zero-order valence-corrected chi connectivity index (χ0v) is 42.3. The van der Waals surface area contributed by atoms with Gasteiger partial charge in [0.05, 0.1) is 28.5 Å². The molecule has 3 heterocycles. The van der Waals surface area contributed by atoms with E-state index in [1.807, 2.05) is 12.2 Å². The predicted octanol–water partition coefficient (Wildman–Crippen LogP) is 19.4. The number of thiophene rings is 1. The van der Waals surface area contributed by atoms with Gasteiger partial charge in [-0.2, -0.15) is 0 Å². The molecule has 0 spiro atoms. The minimum absolute atomic E-state index is 0.183. The van der Waals surface area contributed by atoms with E-state index in [0.29, 0.717) is 0 Å². The second-order valence-electron chi connectivity index (χ2n) is 19.5. The van der Waals surface area contributed by atoms with Crippen molar-refractivity contribution in [1.82, 2.24) is 9.13 Å². The second-order valence-corrected chi connectivity index (χ2v) is 20.6. The van der Waals surface area contributed by atoms with Crippen LogP contribution in [-0.2, 0) is 0 Å². The maximum Gasteiger partial charge on any atom is 0.0625 e. The molecule has 0 saturated carbocycles. The Bertz CT molecular complexity index is 4190. The van der Waals surface area contributed by atoms with Crippen LogP contribution in [0.25, 0.3) is 100 Å². The number of fused-ring (bicyclic) bond motifs is 13. The summed E-state index contributed by atoms with van der Waals surface area (Å²) in [4.78, 5) is 6.04. The summed E-state index contributed by atoms with van der Waals surface area (Å²) >= 11 is 1.76. The van der Waals surface area contributed by atoms with E-state index >= 15 is 0 Å². The lowest BCUT2D eigenvalue weighted by molar-refractivity contribution is 0.719. The van der Waals surface area contributed by atoms with Crippen LogP contribution in [0.5, 0.6) is 0 Å². The molecule has 3 aromatic heterocycles. The summed E-state index contributed by atoms with van der Waals surface area (Å²) in [7, 11) is 0. The highest BCUT2D eigenvalue weighted by Crippen LogP contribution is 2.55. The Morgan fingerprint density at radius 1 is 0.533 bits per heavy atom. The Labute approximate surface area is 442 Å². The molecule has 0 saturated heterocycles. The maximum absolute atomic E-state index is 4.13. The molecule has 358 valence electrons. The summed E-state index contributed by atoms with van der Waals surface area (Å²) in [6.07, 6.45) is 20.9. The Balaban J connectivity index is 0.939. The largest absolute Gasteiger partial charge is 0.338 e. The van der Waals surface area contributed by atoms with Crippen LogP contribution in [0.15, 0.2) is 256 Å². The molecule has 0 aliphatic heterocycles. The smallest absolute Gasteiger partial charge is 0.0625 e. The fourth-order valence-electron chi connectivity index (χ4n) is 12.2. The highest BCUT2D eigenvalue weighted by Gasteiger charge is 2.33. The Hall–Kier alpha value is -9.16. The molecule has 0 N–H and O–H groups in total. The van der Waals surface area contributed by atoms with Crippen LogP contribution in [0.1, 0.15) is 29.7 Å². The third kappa shape index (κ3) is 7.26. The standard InChI is InChI=1S/C70H52N4S/c1-3-55-56-45-44-54(46-66(56)75-65(55)4-2)72(49-26-12-7-13-27-49)51-38-42-53(43-39-51)74-64-35-21-19-33-62(64)68-57-28-14-16-30-59(57)69-67(58-29-15-17-31-60(58)70(68)74)61-32-18-20-34-63(61)73(69)52-40-36-50(37-41-52)71(47-22-8-5-9-23-47)48-24-10-6-11-25-48/h3-10,12-24,26-36,38-46,50H,1-2,11,25,37H2. The average Bonchev–Trinajstić information content (AvgIpc) is 4.13. The number of aromatic nitrogens is 2. The highest BCUT2D eigenvalue weighted by atomic mass is 32.1. The monoisotopic (exact) mass is 980 g/mol. The van der Waals surface area contributed by atoms with E-state index in [1.54, 1.807) is 11.3 Å². The molecule has 0 radical (unpaired) electrons. The quantitative estimate of drug-likeness (QED) is 0.136. The van der Waals surface area contributed by atoms with Gasteiger partial charge in [-0.15, -0.1) is 11.3 Å². The van der Waals surface area contributed by atoms with E-state index in [4.69, 9.17) is 0 Å². The third-order valence-corrected chi connectivity index (χ3v) is 16.6. The molecule has 3 aliphatic carbocycles. The van der Waals surface area contributed by atoms with Crippen LogP contribution in [0.4, 0.5) is 22.7 Å². The number of hydrogen-bond donors (Lipinski definition) is 0. The number of allylic oxidation sites excluding steroid dienone is 6. The predicted molar refractivity (Wildman–Crippen MR) is 322 cm³/mol. The molecule has 8 aromatic carbocycles. The minimum Gasteiger partial charge on any atom is -0.338 e. The number of hydrogen-bond acceptors (Lipinski definition) is 3. The fourth-order valence-corrected chi connectivity index (χ4v) is 13.3. The van der Waals surface area contributed by atoms with Crippen molar-refractivity contribution in [3.05, 3.63) is 266 Å². The molecule has 1 atom stereocenters. The molecule has 14 rings (SSSR count). The van der Waals surface area contributed by atoms with Crippen molar-refractivity contribution in [2.45, 2.75) is 25.3 Å². The first-order chi connectivity index (χ1) is 37.2. The Morgan fingerprint density at radius 2 is 1.11 bits per heavy atom. The van der Waals surface area contributed by atoms with Crippen LogP contribution in [0, 0.1) is 0 Å². The van der Waals surface area contributed by atoms with Crippen molar-refractivity contribution in [2.75, 3.05) is 9.80 Å². The summed E-state index contributed by atoms with van der Waals surface area (Å²) in [6, 6.07) is 73.9. The average molecular weight is 981 g/mol. The number of para-hydroxylation sites is 4. The highest BCUT2D eigenvalue weighted by molar-refractivity contribution is 7.20. The fraction of sp³-hybridized carbons (Fsp3) is 0.0571. The van der Waals surface area contributed by atoms with Gasteiger partial charge in [-0.1, -0.05) is 177 Å². The van der Waals surface area contributed by atoms with Crippen LogP contribution >= 0.6 is 11.3 Å². The maximum atomic E-state index is 4.13. The van der Waals surface area contributed by atoms with Gasteiger partial charge in [-0.3, -0.25) is 0 Å². The Morgan fingerprint density at radius 3 is 1.72 bits per heavy atom. The SMILES string of the molecule is C=Cc1sc2cc(N(c3ccccc3)c3ccc(-n4c5c(c6ccccc64)-c4ccccc4-c4c(c6ccccc6n4C4=CCC(N(C6=CC=CCC6)c6ccccc6)C=C4)-c4ccccc4-5)cc3)ccc2c1C=C. The molecular weight excluding hydrogens is 929 g/mol. The zero-order chi connectivity index (χ0) is 50.0. The van der Waals surface area contributed by atoms with Gasteiger partial charge in [0.25, 0.3) is 0 Å². The van der Waals surface area contributed by atoms with Gasteiger partial charge >= 0.3 is 0 Å². The van der Waals surface area contributed by atoms with E-state index in [-0.39, 0.29) is 6.04 Å². The van der Waals surface area contributed by atoms with Crippen molar-refractivity contribution in [3.63, 3.8) is 0 Å². The van der Waals surface area contributed by atoms with Gasteiger partial charge in [-0.25, -0.2) is 0 Å². The van der Waals surface area contributed by atoms with Gasteiger partial charge in [0.1, 0.15) is 0 Å². The topological polar surface area (TPSA) is 16.3 Å². The molecule has 11 aromatic rings. The molecule has 75 heavy (non-hydrogen) atoms. The number of rotatable bonds is 10. The van der Waals surface area contributed by atoms with Gasteiger partial charge < -0.3 is 18.9 Å². The number of anilines is 4. The van der Waals surface area contributed by atoms with E-state index in [2.05, 4.69) is 269 Å². The molecule has 3 aliphatic rings. The van der Waals surface area contributed by atoms with Crippen molar-refractivity contribution in [3.8, 4) is 50.5 Å². The van der Waals surface area contributed by atoms with E-state index in [0.717, 1.165) is 58.0 Å². The van der Waals surface area contributed by atoms with E-state index < -0.39 is 0 Å². The first kappa shape index (κ1) is 44.5. The van der Waals surface area contributed by atoms with E-state index in [9.17, 15) is 0 Å². The van der Waals surface area contributed by atoms with Crippen LogP contribution in [0.3, 0.4) is 0 Å². The van der Waals surface area contributed by atoms with Gasteiger partial charge in [0.15, 0.2) is 0 Å². The summed E-state index contributed by atoms with van der Waals surface area (Å²) in [6.45, 7) is 8.23. The molecule has 1 unspecified atom stereocenters. The first-order valence-corrected chi connectivity index (χ1v) is 26.8. The lowest BCUT2D eigenvalue weighted by atomic mass is 9.84. The van der Waals surface area contributed by atoms with Gasteiger partial charge in [0.2, 0.25) is 0 Å². The van der Waals surface area contributed by atoms with Crippen molar-refractivity contribution < 1.29 is 0 Å². The molecule has 4 nitrogen and oxygen atoms in total. The zero-order valence-electron chi connectivity index (χ0n) is 41.5. The minimum atomic E-state index is 0.183. The van der Waals surface area contributed by atoms with Crippen LogP contribution in [-0.4, -0.2) is 15.2 Å². The molecule has 0 amide bonds. The number of benzene rings is 8. The molecule has 5 heteroatoms. The molecular formula is C70H52N4S. The van der Waals surface area contributed by atoms with Gasteiger partial charge in [0, 0.05) is 87.8 Å². The van der Waals surface area contributed by atoms with Gasteiger partial charge in [-0.05, 0) is 121 Å². The normalized spacial score (nSPS) is 14.5. The van der Waals surface area contributed by atoms with Crippen LogP contribution < -0.4 is 9.80 Å². The van der Waals surface area contributed by atoms with Crippen LogP contribution in [0.2, 0.25) is 0 Å². The lowest BCUT2D eigenvalue weighted by Crippen LogP contribution is -2.34. The molecule has 0 bridgehead atoms. The summed E-state index contributed by atoms with van der Waals surface area (Å²) < 4.78 is 6.26. The van der Waals surface area contributed by atoms with Crippen molar-refractivity contribution >= 4 is 83.8 Å². The summed E-state index contributed by atoms with van der Waals surface area (Å²) in [5.74, 6) is 0. The molecule has 0 fully saturated rings. The Kier molecular flexibility index (Phi) is 10.9. The van der Waals surface area contributed by atoms with Crippen molar-refractivity contribution in [2.24, 2.45) is 0 Å². The first-order valence-electron chi connectivity index (χ1n) is 26.0. The second kappa shape index (κ2) is 18.4. The summed E-state index contributed by atoms with van der Waals surface area (Å²) in [5.41, 5.74) is 21.3. The lowest BCUT2D eigenvalue weighted by Gasteiger charge is -2.36. The third-order valence-electron chi connectivity index (χ3n) is 15.4. The summed E-state index contributed by atoms with van der Waals surface area (Å²) in [5, 5.41) is 3.64. The van der Waals surface area contributed by atoms with Crippen molar-refractivity contribution in [1.29, 1.82) is 0 Å². The number of nitrogens with zero attached hydrogens (tertiary/aromatic N) is 4.